The lowest BCUT2D eigenvalue weighted by Gasteiger charge is -2.39. The summed E-state index contributed by atoms with van der Waals surface area (Å²) in [5.74, 6) is -0.974. The topological polar surface area (TPSA) is 129 Å². The van der Waals surface area contributed by atoms with Gasteiger partial charge in [0.2, 0.25) is 17.9 Å². The van der Waals surface area contributed by atoms with Crippen LogP contribution in [0.1, 0.15) is 30.9 Å². The van der Waals surface area contributed by atoms with Gasteiger partial charge < -0.3 is 36.0 Å². The van der Waals surface area contributed by atoms with Gasteiger partial charge in [0.15, 0.2) is 0 Å². The van der Waals surface area contributed by atoms with Crippen molar-refractivity contribution in [1.29, 1.82) is 0 Å². The predicted molar refractivity (Wildman–Crippen MR) is 140 cm³/mol. The Balaban J connectivity index is 1.37. The second kappa shape index (κ2) is 10.9. The number of piperazine rings is 1. The fraction of sp³-hybridized carbons (Fsp3) is 0.560. The lowest BCUT2D eigenvalue weighted by Crippen LogP contribution is -2.44. The van der Waals surface area contributed by atoms with E-state index in [4.69, 9.17) is 22.1 Å². The molecule has 5 rings (SSSR count). The number of hydrogen-bond donors (Lipinski definition) is 4. The number of carboxylic acids is 1. The number of rotatable bonds is 6. The highest BCUT2D eigenvalue weighted by Crippen LogP contribution is 2.43. The Morgan fingerprint density at radius 3 is 2.51 bits per heavy atom. The van der Waals surface area contributed by atoms with E-state index in [9.17, 15) is 23.1 Å². The molecule has 3 aliphatic rings. The van der Waals surface area contributed by atoms with E-state index in [0.29, 0.717) is 81.6 Å². The summed E-state index contributed by atoms with van der Waals surface area (Å²) in [6.45, 7) is 4.05. The number of hydrogen-bond acceptors (Lipinski definition) is 9. The SMILES string of the molecule is Nc1nc(O[C@H](c2ccc(Cl)cc2N2CCNCC2)C(F)(F)F)cc(N2CCC3(CC2)CN[C@H](C(=O)O)C3)n1. The lowest BCUT2D eigenvalue weighted by molar-refractivity contribution is -0.198. The van der Waals surface area contributed by atoms with Gasteiger partial charge in [-0.1, -0.05) is 17.7 Å². The molecule has 212 valence electrons. The summed E-state index contributed by atoms with van der Waals surface area (Å²) in [4.78, 5) is 23.4. The van der Waals surface area contributed by atoms with Gasteiger partial charge >= 0.3 is 12.1 Å². The molecule has 4 heterocycles. The molecule has 14 heteroatoms. The van der Waals surface area contributed by atoms with Gasteiger partial charge in [-0.15, -0.1) is 0 Å². The molecule has 1 spiro atoms. The first-order valence-electron chi connectivity index (χ1n) is 12.9. The van der Waals surface area contributed by atoms with Crippen molar-refractivity contribution in [2.24, 2.45) is 5.41 Å². The quantitative estimate of drug-likeness (QED) is 0.412. The molecule has 0 bridgehead atoms. The van der Waals surface area contributed by atoms with Gasteiger partial charge in [-0.25, -0.2) is 0 Å². The number of aliphatic carboxylic acids is 1. The first-order valence-corrected chi connectivity index (χ1v) is 13.2. The summed E-state index contributed by atoms with van der Waals surface area (Å²) in [5, 5.41) is 15.9. The number of nitrogens with one attached hydrogen (secondary N) is 2. The molecule has 5 N–H and O–H groups in total. The molecule has 39 heavy (non-hydrogen) atoms. The second-order valence-electron chi connectivity index (χ2n) is 10.4. The summed E-state index contributed by atoms with van der Waals surface area (Å²) in [6.07, 6.45) is -5.07. The second-order valence-corrected chi connectivity index (χ2v) is 10.8. The van der Waals surface area contributed by atoms with E-state index in [1.54, 1.807) is 0 Å². The molecule has 10 nitrogen and oxygen atoms in total. The Labute approximate surface area is 228 Å². The van der Waals surface area contributed by atoms with Gasteiger partial charge in [0, 0.05) is 68.2 Å². The van der Waals surface area contributed by atoms with E-state index in [1.165, 1.54) is 24.3 Å². The minimum atomic E-state index is -4.75. The van der Waals surface area contributed by atoms with Crippen LogP contribution in [-0.4, -0.2) is 79.1 Å². The number of ether oxygens (including phenoxy) is 1. The molecule has 3 fully saturated rings. The van der Waals surface area contributed by atoms with Crippen LogP contribution in [0.3, 0.4) is 0 Å². The van der Waals surface area contributed by atoms with Crippen LogP contribution in [0.2, 0.25) is 5.02 Å². The number of piperidine rings is 1. The van der Waals surface area contributed by atoms with Gasteiger partial charge in [-0.3, -0.25) is 4.79 Å². The highest BCUT2D eigenvalue weighted by molar-refractivity contribution is 6.30. The molecule has 3 saturated heterocycles. The molecule has 0 radical (unpaired) electrons. The number of alkyl halides is 3. The lowest BCUT2D eigenvalue weighted by atomic mass is 9.76. The molecular weight excluding hydrogens is 539 g/mol. The first-order chi connectivity index (χ1) is 18.5. The van der Waals surface area contributed by atoms with Crippen molar-refractivity contribution in [2.45, 2.75) is 37.6 Å². The van der Waals surface area contributed by atoms with Crippen LogP contribution in [0.5, 0.6) is 5.88 Å². The number of benzene rings is 1. The number of aromatic nitrogens is 2. The maximum atomic E-state index is 14.4. The third-order valence-electron chi connectivity index (χ3n) is 7.78. The average molecular weight is 570 g/mol. The van der Waals surface area contributed by atoms with Crippen molar-refractivity contribution in [2.75, 3.05) is 61.3 Å². The van der Waals surface area contributed by atoms with Crippen LogP contribution in [0.25, 0.3) is 0 Å². The molecular formula is C25H31ClF3N7O3. The molecule has 2 atom stereocenters. The van der Waals surface area contributed by atoms with Crippen molar-refractivity contribution in [3.8, 4) is 5.88 Å². The van der Waals surface area contributed by atoms with Crippen LogP contribution in [0.15, 0.2) is 24.3 Å². The maximum absolute atomic E-state index is 14.4. The molecule has 1 aromatic carbocycles. The van der Waals surface area contributed by atoms with E-state index in [-0.39, 0.29) is 22.8 Å². The summed E-state index contributed by atoms with van der Waals surface area (Å²) in [7, 11) is 0. The van der Waals surface area contributed by atoms with Crippen LogP contribution >= 0.6 is 11.6 Å². The molecule has 3 aliphatic heterocycles. The van der Waals surface area contributed by atoms with Crippen LogP contribution in [-0.2, 0) is 4.79 Å². The molecule has 2 aromatic rings. The Kier molecular flexibility index (Phi) is 7.66. The number of carboxylic acid groups (broad SMARTS) is 1. The fourth-order valence-electron chi connectivity index (χ4n) is 5.68. The van der Waals surface area contributed by atoms with E-state index in [0.717, 1.165) is 0 Å². The summed E-state index contributed by atoms with van der Waals surface area (Å²) in [6, 6.07) is 5.10. The summed E-state index contributed by atoms with van der Waals surface area (Å²) >= 11 is 6.17. The van der Waals surface area contributed by atoms with Crippen LogP contribution in [0, 0.1) is 5.41 Å². The summed E-state index contributed by atoms with van der Waals surface area (Å²) in [5.41, 5.74) is 6.07. The summed E-state index contributed by atoms with van der Waals surface area (Å²) < 4.78 is 48.8. The average Bonchev–Trinajstić information content (AvgIpc) is 3.31. The zero-order chi connectivity index (χ0) is 27.8. The van der Waals surface area contributed by atoms with Gasteiger partial charge in [-0.2, -0.15) is 23.1 Å². The van der Waals surface area contributed by atoms with E-state index in [2.05, 4.69) is 20.6 Å². The maximum Gasteiger partial charge on any atom is 0.429 e. The Hall–Kier alpha value is -3.03. The van der Waals surface area contributed by atoms with Gasteiger partial charge in [0.05, 0.1) is 0 Å². The van der Waals surface area contributed by atoms with Crippen LogP contribution < -0.4 is 30.9 Å². The third kappa shape index (κ3) is 6.10. The third-order valence-corrected chi connectivity index (χ3v) is 8.02. The highest BCUT2D eigenvalue weighted by Gasteiger charge is 2.46. The Bertz CT molecular complexity index is 1200. The monoisotopic (exact) mass is 569 g/mol. The van der Waals surface area contributed by atoms with Crippen LogP contribution in [0.4, 0.5) is 30.6 Å². The van der Waals surface area contributed by atoms with Crippen molar-refractivity contribution >= 4 is 35.0 Å². The standard InChI is InChI=1S/C25H31ClF3N7O3/c26-15-1-2-16(18(11-15)35-9-5-31-6-10-35)21(25(27,28)29)39-20-12-19(33-23(30)34-20)36-7-3-24(4-8-36)13-17(22(37)38)32-14-24/h1-2,11-12,17,21,31-32H,3-10,13-14H2,(H,37,38)(H2,30,33,34)/t17-,21+/m0/s1. The first kappa shape index (κ1) is 27.5. The minimum absolute atomic E-state index is 0.0610. The zero-order valence-electron chi connectivity index (χ0n) is 21.2. The Morgan fingerprint density at radius 2 is 1.87 bits per heavy atom. The van der Waals surface area contributed by atoms with Gasteiger partial charge in [-0.05, 0) is 36.8 Å². The molecule has 0 saturated carbocycles. The molecule has 1 aromatic heterocycles. The van der Waals surface area contributed by atoms with Gasteiger partial charge in [0.1, 0.15) is 11.9 Å². The van der Waals surface area contributed by atoms with Gasteiger partial charge in [0.25, 0.3) is 0 Å². The number of nitrogens with zero attached hydrogens (tertiary/aromatic N) is 4. The minimum Gasteiger partial charge on any atom is -0.480 e. The normalized spacial score (nSPS) is 22.2. The Morgan fingerprint density at radius 1 is 1.15 bits per heavy atom. The van der Waals surface area contributed by atoms with Crippen molar-refractivity contribution in [3.63, 3.8) is 0 Å². The number of nitrogens with two attached hydrogens (primary N) is 1. The number of nitrogen functional groups attached to an aromatic ring is 1. The number of anilines is 3. The molecule has 0 unspecified atom stereocenters. The number of halogens is 4. The van der Waals surface area contributed by atoms with Crippen molar-refractivity contribution < 1.29 is 27.8 Å². The predicted octanol–water partition coefficient (Wildman–Crippen LogP) is 2.84. The zero-order valence-corrected chi connectivity index (χ0v) is 21.9. The van der Waals surface area contributed by atoms with E-state index >= 15 is 0 Å². The molecule has 0 amide bonds. The van der Waals surface area contributed by atoms with Crippen molar-refractivity contribution in [1.82, 2.24) is 20.6 Å². The largest absolute Gasteiger partial charge is 0.480 e. The highest BCUT2D eigenvalue weighted by atomic mass is 35.5. The van der Waals surface area contributed by atoms with Crippen molar-refractivity contribution in [3.05, 3.63) is 34.9 Å². The fourth-order valence-corrected chi connectivity index (χ4v) is 5.85. The van der Waals surface area contributed by atoms with E-state index < -0.39 is 24.3 Å². The van der Waals surface area contributed by atoms with E-state index in [1.807, 2.05) is 9.80 Å². The number of carbonyl (C=O) groups is 1. The molecule has 0 aliphatic carbocycles. The smallest absolute Gasteiger partial charge is 0.429 e.